The SMILES string of the molecule is CCc1ccc(CC(NC)c2ccc(Br)c(F)c2)cc1. The zero-order chi connectivity index (χ0) is 14.5. The van der Waals surface area contributed by atoms with Crippen LogP contribution < -0.4 is 5.32 Å². The van der Waals surface area contributed by atoms with Gasteiger partial charge in [-0.3, -0.25) is 0 Å². The Labute approximate surface area is 128 Å². The molecule has 0 heterocycles. The predicted molar refractivity (Wildman–Crippen MR) is 85.4 cm³/mol. The van der Waals surface area contributed by atoms with Gasteiger partial charge in [0.25, 0.3) is 0 Å². The lowest BCUT2D eigenvalue weighted by atomic mass is 9.98. The monoisotopic (exact) mass is 335 g/mol. The van der Waals surface area contributed by atoms with Gasteiger partial charge < -0.3 is 5.32 Å². The van der Waals surface area contributed by atoms with Crippen LogP contribution in [-0.2, 0) is 12.8 Å². The summed E-state index contributed by atoms with van der Waals surface area (Å²) in [6.45, 7) is 2.15. The maximum atomic E-state index is 13.6. The number of nitrogens with one attached hydrogen (secondary N) is 1. The molecule has 0 aliphatic rings. The lowest BCUT2D eigenvalue weighted by Crippen LogP contribution is -2.19. The Morgan fingerprint density at radius 3 is 2.30 bits per heavy atom. The van der Waals surface area contributed by atoms with E-state index in [0.29, 0.717) is 4.47 Å². The van der Waals surface area contributed by atoms with Crippen molar-refractivity contribution in [1.29, 1.82) is 0 Å². The van der Waals surface area contributed by atoms with Crippen LogP contribution >= 0.6 is 15.9 Å². The summed E-state index contributed by atoms with van der Waals surface area (Å²) in [5.41, 5.74) is 3.56. The average Bonchev–Trinajstić information content (AvgIpc) is 2.48. The fraction of sp³-hybridized carbons (Fsp3) is 0.294. The molecule has 0 spiro atoms. The number of hydrogen-bond acceptors (Lipinski definition) is 1. The van der Waals surface area contributed by atoms with E-state index in [1.165, 1.54) is 11.1 Å². The Kier molecular flexibility index (Phi) is 5.32. The first-order valence-electron chi connectivity index (χ1n) is 6.84. The second-order valence-electron chi connectivity index (χ2n) is 4.89. The summed E-state index contributed by atoms with van der Waals surface area (Å²) in [5, 5.41) is 3.26. The van der Waals surface area contributed by atoms with Crippen molar-refractivity contribution >= 4 is 15.9 Å². The van der Waals surface area contributed by atoms with Gasteiger partial charge in [0, 0.05) is 6.04 Å². The molecule has 1 atom stereocenters. The van der Waals surface area contributed by atoms with Crippen LogP contribution in [0.4, 0.5) is 4.39 Å². The van der Waals surface area contributed by atoms with Gasteiger partial charge in [-0.25, -0.2) is 4.39 Å². The van der Waals surface area contributed by atoms with Crippen LogP contribution in [0.1, 0.15) is 29.7 Å². The predicted octanol–water partition coefficient (Wildman–Crippen LogP) is 4.65. The number of benzene rings is 2. The van der Waals surface area contributed by atoms with Gasteiger partial charge in [0.1, 0.15) is 5.82 Å². The molecule has 3 heteroatoms. The van der Waals surface area contributed by atoms with Gasteiger partial charge in [0.2, 0.25) is 0 Å². The van der Waals surface area contributed by atoms with E-state index in [-0.39, 0.29) is 11.9 Å². The number of likely N-dealkylation sites (N-methyl/N-ethyl adjacent to an activating group) is 1. The fourth-order valence-corrected chi connectivity index (χ4v) is 2.51. The lowest BCUT2D eigenvalue weighted by Gasteiger charge is -2.17. The Morgan fingerprint density at radius 2 is 1.75 bits per heavy atom. The van der Waals surface area contributed by atoms with E-state index in [4.69, 9.17) is 0 Å². The second-order valence-corrected chi connectivity index (χ2v) is 5.74. The molecule has 2 aromatic carbocycles. The largest absolute Gasteiger partial charge is 0.313 e. The summed E-state index contributed by atoms with van der Waals surface area (Å²) < 4.78 is 14.1. The summed E-state index contributed by atoms with van der Waals surface area (Å²) in [7, 11) is 1.91. The molecule has 0 radical (unpaired) electrons. The summed E-state index contributed by atoms with van der Waals surface area (Å²) in [6, 6.07) is 14.0. The molecule has 0 aliphatic carbocycles. The summed E-state index contributed by atoms with van der Waals surface area (Å²) in [5.74, 6) is -0.218. The van der Waals surface area contributed by atoms with E-state index in [2.05, 4.69) is 52.4 Å². The first kappa shape index (κ1) is 15.2. The van der Waals surface area contributed by atoms with Gasteiger partial charge in [-0.2, -0.15) is 0 Å². The topological polar surface area (TPSA) is 12.0 Å². The first-order chi connectivity index (χ1) is 9.63. The number of aryl methyl sites for hydroxylation is 1. The Morgan fingerprint density at radius 1 is 1.10 bits per heavy atom. The minimum Gasteiger partial charge on any atom is -0.313 e. The highest BCUT2D eigenvalue weighted by Gasteiger charge is 2.12. The third kappa shape index (κ3) is 3.68. The third-order valence-electron chi connectivity index (χ3n) is 3.57. The van der Waals surface area contributed by atoms with Crippen molar-refractivity contribution in [2.24, 2.45) is 0 Å². The van der Waals surface area contributed by atoms with Crippen LogP contribution in [0.3, 0.4) is 0 Å². The minimum atomic E-state index is -0.218. The van der Waals surface area contributed by atoms with Crippen molar-refractivity contribution in [3.05, 3.63) is 69.4 Å². The van der Waals surface area contributed by atoms with Crippen molar-refractivity contribution in [3.63, 3.8) is 0 Å². The van der Waals surface area contributed by atoms with Gasteiger partial charge in [0.05, 0.1) is 4.47 Å². The molecule has 0 bridgehead atoms. The fourth-order valence-electron chi connectivity index (χ4n) is 2.26. The van der Waals surface area contributed by atoms with E-state index in [9.17, 15) is 4.39 Å². The highest BCUT2D eigenvalue weighted by atomic mass is 79.9. The molecule has 0 saturated carbocycles. The lowest BCUT2D eigenvalue weighted by molar-refractivity contribution is 0.575. The zero-order valence-corrected chi connectivity index (χ0v) is 13.4. The van der Waals surface area contributed by atoms with Gasteiger partial charge in [-0.1, -0.05) is 37.3 Å². The van der Waals surface area contributed by atoms with Crippen LogP contribution in [0, 0.1) is 5.82 Å². The van der Waals surface area contributed by atoms with Crippen molar-refractivity contribution in [2.45, 2.75) is 25.8 Å². The molecular formula is C17H19BrFN. The highest BCUT2D eigenvalue weighted by Crippen LogP contribution is 2.23. The van der Waals surface area contributed by atoms with Gasteiger partial charge >= 0.3 is 0 Å². The van der Waals surface area contributed by atoms with Gasteiger partial charge in [-0.05, 0) is 64.6 Å². The molecule has 2 aromatic rings. The highest BCUT2D eigenvalue weighted by molar-refractivity contribution is 9.10. The summed E-state index contributed by atoms with van der Waals surface area (Å²) in [4.78, 5) is 0. The van der Waals surface area contributed by atoms with Gasteiger partial charge in [0.15, 0.2) is 0 Å². The normalized spacial score (nSPS) is 12.4. The van der Waals surface area contributed by atoms with E-state index in [1.807, 2.05) is 13.1 Å². The Balaban J connectivity index is 2.16. The Hall–Kier alpha value is -1.19. The number of halogens is 2. The summed E-state index contributed by atoms with van der Waals surface area (Å²) in [6.07, 6.45) is 1.90. The third-order valence-corrected chi connectivity index (χ3v) is 4.21. The van der Waals surface area contributed by atoms with Crippen LogP contribution in [0.15, 0.2) is 46.9 Å². The molecule has 0 fully saturated rings. The second kappa shape index (κ2) is 7.00. The van der Waals surface area contributed by atoms with Gasteiger partial charge in [-0.15, -0.1) is 0 Å². The quantitative estimate of drug-likeness (QED) is 0.838. The van der Waals surface area contributed by atoms with Crippen molar-refractivity contribution in [3.8, 4) is 0 Å². The van der Waals surface area contributed by atoms with E-state index in [0.717, 1.165) is 18.4 Å². The van der Waals surface area contributed by atoms with Crippen LogP contribution in [-0.4, -0.2) is 7.05 Å². The van der Waals surface area contributed by atoms with E-state index in [1.54, 1.807) is 12.1 Å². The molecule has 0 aromatic heterocycles. The standard InChI is InChI=1S/C17H19BrFN/c1-3-12-4-6-13(7-5-12)10-17(20-2)14-8-9-15(18)16(19)11-14/h4-9,11,17,20H,3,10H2,1-2H3. The van der Waals surface area contributed by atoms with Crippen molar-refractivity contribution in [1.82, 2.24) is 5.32 Å². The molecule has 0 saturated heterocycles. The van der Waals surface area contributed by atoms with Crippen LogP contribution in [0.2, 0.25) is 0 Å². The smallest absolute Gasteiger partial charge is 0.137 e. The minimum absolute atomic E-state index is 0.116. The molecular weight excluding hydrogens is 317 g/mol. The maximum absolute atomic E-state index is 13.6. The maximum Gasteiger partial charge on any atom is 0.137 e. The molecule has 2 rings (SSSR count). The van der Waals surface area contributed by atoms with Crippen LogP contribution in [0.5, 0.6) is 0 Å². The van der Waals surface area contributed by atoms with Crippen LogP contribution in [0.25, 0.3) is 0 Å². The zero-order valence-electron chi connectivity index (χ0n) is 11.8. The molecule has 20 heavy (non-hydrogen) atoms. The molecule has 1 N–H and O–H groups in total. The average molecular weight is 336 g/mol. The molecule has 1 nitrogen and oxygen atoms in total. The molecule has 1 unspecified atom stereocenters. The van der Waals surface area contributed by atoms with E-state index < -0.39 is 0 Å². The van der Waals surface area contributed by atoms with Crippen molar-refractivity contribution < 1.29 is 4.39 Å². The number of rotatable bonds is 5. The number of hydrogen-bond donors (Lipinski definition) is 1. The Bertz CT molecular complexity index is 566. The van der Waals surface area contributed by atoms with E-state index >= 15 is 0 Å². The molecule has 106 valence electrons. The summed E-state index contributed by atoms with van der Waals surface area (Å²) >= 11 is 3.19. The molecule has 0 amide bonds. The molecule has 0 aliphatic heterocycles. The first-order valence-corrected chi connectivity index (χ1v) is 7.63. The van der Waals surface area contributed by atoms with Crippen molar-refractivity contribution in [2.75, 3.05) is 7.05 Å².